The maximum absolute atomic E-state index is 14.5. The Morgan fingerprint density at radius 3 is 2.13 bits per heavy atom. The van der Waals surface area contributed by atoms with Gasteiger partial charge in [0.15, 0.2) is 0 Å². The lowest BCUT2D eigenvalue weighted by atomic mass is 10.3. The van der Waals surface area contributed by atoms with Gasteiger partial charge in [0, 0.05) is 12.7 Å². The molecule has 0 atom stereocenters. The molecule has 0 saturated heterocycles. The zero-order chi connectivity index (χ0) is 21.7. The molecule has 0 fully saturated rings. The molecule has 3 aromatic rings. The van der Waals surface area contributed by atoms with E-state index in [1.54, 1.807) is 24.3 Å². The number of ether oxygens (including phenoxy) is 1. The maximum Gasteiger partial charge on any atom is 0.264 e. The van der Waals surface area contributed by atoms with E-state index >= 15 is 0 Å². The summed E-state index contributed by atoms with van der Waals surface area (Å²) in [5.41, 5.74) is 0.390. The number of nitrogens with zero attached hydrogens (tertiary/aromatic N) is 2. The smallest absolute Gasteiger partial charge is 0.264 e. The zero-order valence-corrected chi connectivity index (χ0v) is 17.3. The van der Waals surface area contributed by atoms with Gasteiger partial charge < -0.3 is 9.64 Å². The highest BCUT2D eigenvalue weighted by Crippen LogP contribution is 2.27. The van der Waals surface area contributed by atoms with E-state index in [0.29, 0.717) is 11.4 Å². The fraction of sp³-hybridized carbons (Fsp3) is 0.136. The average Bonchev–Trinajstić information content (AvgIpc) is 2.78. The number of halogens is 1. The van der Waals surface area contributed by atoms with E-state index in [1.807, 2.05) is 6.07 Å². The van der Waals surface area contributed by atoms with Crippen LogP contribution >= 0.6 is 0 Å². The van der Waals surface area contributed by atoms with Crippen molar-refractivity contribution < 1.29 is 22.3 Å². The van der Waals surface area contributed by atoms with E-state index in [2.05, 4.69) is 0 Å². The third-order valence-electron chi connectivity index (χ3n) is 4.57. The van der Waals surface area contributed by atoms with E-state index in [9.17, 15) is 17.6 Å². The third kappa shape index (κ3) is 4.44. The van der Waals surface area contributed by atoms with Gasteiger partial charge in [0.2, 0.25) is 5.91 Å². The number of carbonyl (C=O) groups is 1. The van der Waals surface area contributed by atoms with Crippen molar-refractivity contribution in [1.29, 1.82) is 0 Å². The molecule has 0 saturated carbocycles. The van der Waals surface area contributed by atoms with Gasteiger partial charge in [0.1, 0.15) is 18.1 Å². The molecule has 0 aromatic heterocycles. The summed E-state index contributed by atoms with van der Waals surface area (Å²) in [4.78, 5) is 14.1. The quantitative estimate of drug-likeness (QED) is 0.576. The molecule has 0 bridgehead atoms. The first-order valence-corrected chi connectivity index (χ1v) is 10.5. The summed E-state index contributed by atoms with van der Waals surface area (Å²) in [5.74, 6) is -0.780. The van der Waals surface area contributed by atoms with Crippen molar-refractivity contribution in [3.63, 3.8) is 0 Å². The van der Waals surface area contributed by atoms with Crippen LogP contribution in [0.4, 0.5) is 15.8 Å². The molecular formula is C22H21FN2O4S. The van der Waals surface area contributed by atoms with Crippen LogP contribution in [0.1, 0.15) is 0 Å². The van der Waals surface area contributed by atoms with Gasteiger partial charge in [-0.2, -0.15) is 0 Å². The summed E-state index contributed by atoms with van der Waals surface area (Å²) < 4.78 is 47.0. The number of methoxy groups -OCH3 is 1. The molecule has 0 aliphatic heterocycles. The number of anilines is 2. The van der Waals surface area contributed by atoms with Crippen LogP contribution in [0.15, 0.2) is 83.8 Å². The largest absolute Gasteiger partial charge is 0.497 e. The van der Waals surface area contributed by atoms with Crippen LogP contribution in [0.2, 0.25) is 0 Å². The summed E-state index contributed by atoms with van der Waals surface area (Å²) in [6.07, 6.45) is 0. The fourth-order valence-electron chi connectivity index (χ4n) is 2.85. The highest BCUT2D eigenvalue weighted by Gasteiger charge is 2.30. The Bertz CT molecular complexity index is 1120. The highest BCUT2D eigenvalue weighted by molar-refractivity contribution is 7.92. The van der Waals surface area contributed by atoms with E-state index in [0.717, 1.165) is 10.4 Å². The van der Waals surface area contributed by atoms with Crippen LogP contribution in [-0.4, -0.2) is 35.0 Å². The van der Waals surface area contributed by atoms with E-state index in [1.165, 1.54) is 61.5 Å². The Kier molecular flexibility index (Phi) is 6.37. The molecule has 0 aliphatic carbocycles. The second kappa shape index (κ2) is 8.96. The zero-order valence-electron chi connectivity index (χ0n) is 16.5. The van der Waals surface area contributed by atoms with Crippen molar-refractivity contribution >= 4 is 27.3 Å². The summed E-state index contributed by atoms with van der Waals surface area (Å²) in [6, 6.07) is 19.9. The van der Waals surface area contributed by atoms with Crippen molar-refractivity contribution in [3.8, 4) is 5.75 Å². The lowest BCUT2D eigenvalue weighted by Gasteiger charge is -2.27. The van der Waals surface area contributed by atoms with Gasteiger partial charge in [-0.3, -0.25) is 9.10 Å². The fourth-order valence-corrected chi connectivity index (χ4v) is 4.27. The van der Waals surface area contributed by atoms with E-state index in [4.69, 9.17) is 4.74 Å². The molecular weight excluding hydrogens is 407 g/mol. The third-order valence-corrected chi connectivity index (χ3v) is 6.34. The number of sulfonamides is 1. The minimum atomic E-state index is -4.22. The molecule has 30 heavy (non-hydrogen) atoms. The number of likely N-dealkylation sites (N-methyl/N-ethyl adjacent to an activating group) is 1. The predicted molar refractivity (Wildman–Crippen MR) is 114 cm³/mol. The molecule has 1 amide bonds. The Morgan fingerprint density at radius 2 is 1.53 bits per heavy atom. The first-order chi connectivity index (χ1) is 14.3. The van der Waals surface area contributed by atoms with Crippen molar-refractivity contribution in [2.24, 2.45) is 0 Å². The first-order valence-electron chi connectivity index (χ1n) is 9.07. The molecule has 3 aromatic carbocycles. The van der Waals surface area contributed by atoms with Gasteiger partial charge in [-0.15, -0.1) is 0 Å². The summed E-state index contributed by atoms with van der Waals surface area (Å²) in [7, 11) is -1.22. The molecule has 3 rings (SSSR count). The van der Waals surface area contributed by atoms with Gasteiger partial charge in [-0.05, 0) is 48.5 Å². The number of rotatable bonds is 7. The van der Waals surface area contributed by atoms with Gasteiger partial charge in [0.05, 0.1) is 17.7 Å². The van der Waals surface area contributed by atoms with Crippen LogP contribution in [-0.2, 0) is 14.8 Å². The molecule has 0 aliphatic rings. The van der Waals surface area contributed by atoms with Crippen LogP contribution < -0.4 is 13.9 Å². The normalized spacial score (nSPS) is 11.0. The number of carbonyl (C=O) groups excluding carboxylic acids is 1. The number of hydrogen-bond acceptors (Lipinski definition) is 4. The van der Waals surface area contributed by atoms with Crippen LogP contribution in [0.5, 0.6) is 5.75 Å². The second-order valence-electron chi connectivity index (χ2n) is 6.43. The molecule has 0 radical (unpaired) electrons. The van der Waals surface area contributed by atoms with Crippen LogP contribution in [0.25, 0.3) is 0 Å². The lowest BCUT2D eigenvalue weighted by Crippen LogP contribution is -2.42. The van der Waals surface area contributed by atoms with Crippen LogP contribution in [0.3, 0.4) is 0 Å². The summed E-state index contributed by atoms with van der Waals surface area (Å²) >= 11 is 0. The lowest BCUT2D eigenvalue weighted by molar-refractivity contribution is -0.116. The van der Waals surface area contributed by atoms with Gasteiger partial charge in [-0.1, -0.05) is 30.3 Å². The molecule has 156 valence electrons. The molecule has 0 N–H and O–H groups in total. The Hall–Kier alpha value is -3.39. The van der Waals surface area contributed by atoms with Crippen molar-refractivity contribution in [1.82, 2.24) is 0 Å². The molecule has 0 heterocycles. The van der Waals surface area contributed by atoms with Crippen molar-refractivity contribution in [3.05, 3.63) is 84.7 Å². The number of benzene rings is 3. The Balaban J connectivity index is 2.00. The molecule has 6 nitrogen and oxygen atoms in total. The predicted octanol–water partition coefficient (Wildman–Crippen LogP) is 3.69. The molecule has 0 unspecified atom stereocenters. The van der Waals surface area contributed by atoms with Crippen LogP contribution in [0, 0.1) is 5.82 Å². The number of hydrogen-bond donors (Lipinski definition) is 0. The van der Waals surface area contributed by atoms with E-state index < -0.39 is 28.3 Å². The molecule has 0 spiro atoms. The SMILES string of the molecule is COc1ccc(S(=O)(=O)N(CC(=O)N(C)c2ccccc2)c2ccccc2F)cc1. The molecule has 8 heteroatoms. The van der Waals surface area contributed by atoms with Crippen molar-refractivity contribution in [2.45, 2.75) is 4.90 Å². The van der Waals surface area contributed by atoms with Gasteiger partial charge in [-0.25, -0.2) is 12.8 Å². The van der Waals surface area contributed by atoms with Gasteiger partial charge >= 0.3 is 0 Å². The topological polar surface area (TPSA) is 66.9 Å². The number of amides is 1. The Labute approximate surface area is 175 Å². The van der Waals surface area contributed by atoms with Gasteiger partial charge in [0.25, 0.3) is 10.0 Å². The number of para-hydroxylation sites is 2. The minimum absolute atomic E-state index is 0.0817. The summed E-state index contributed by atoms with van der Waals surface area (Å²) in [6.45, 7) is -0.569. The second-order valence-corrected chi connectivity index (χ2v) is 8.29. The Morgan fingerprint density at radius 1 is 0.933 bits per heavy atom. The highest BCUT2D eigenvalue weighted by atomic mass is 32.2. The first kappa shape index (κ1) is 21.3. The summed E-state index contributed by atoms with van der Waals surface area (Å²) in [5, 5.41) is 0. The average molecular weight is 428 g/mol. The standard InChI is InChI=1S/C22H21FN2O4S/c1-24(17-8-4-3-5-9-17)22(26)16-25(21-11-7-6-10-20(21)23)30(27,28)19-14-12-18(29-2)13-15-19/h3-15H,16H2,1-2H3. The van der Waals surface area contributed by atoms with Crippen molar-refractivity contribution in [2.75, 3.05) is 29.9 Å². The van der Waals surface area contributed by atoms with E-state index in [-0.39, 0.29) is 10.6 Å². The monoisotopic (exact) mass is 428 g/mol. The maximum atomic E-state index is 14.5. The minimum Gasteiger partial charge on any atom is -0.497 e.